The maximum atomic E-state index is 12.7. The molecule has 0 bridgehead atoms. The topological polar surface area (TPSA) is 57.6 Å². The molecule has 1 amide bonds. The molecule has 3 rings (SSSR count). The smallest absolute Gasteiger partial charge is 0.312 e. The van der Waals surface area contributed by atoms with Crippen molar-refractivity contribution in [3.05, 3.63) is 35.4 Å². The lowest BCUT2D eigenvalue weighted by Crippen LogP contribution is -2.41. The summed E-state index contributed by atoms with van der Waals surface area (Å²) in [6.45, 7) is 5.43. The average molecular weight is 329 g/mol. The van der Waals surface area contributed by atoms with Crippen LogP contribution in [0.4, 0.5) is 0 Å². The Hall–Kier alpha value is -1.84. The molecule has 1 unspecified atom stereocenters. The Balaban J connectivity index is 1.67. The van der Waals surface area contributed by atoms with Crippen molar-refractivity contribution in [2.45, 2.75) is 58.4 Å². The fourth-order valence-electron chi connectivity index (χ4n) is 4.05. The maximum Gasteiger partial charge on any atom is 0.312 e. The number of carbonyl (C=O) groups excluding carboxylic acids is 1. The van der Waals surface area contributed by atoms with Crippen LogP contribution in [-0.2, 0) is 16.1 Å². The number of rotatable bonds is 3. The molecule has 4 heteroatoms. The lowest BCUT2D eigenvalue weighted by Gasteiger charge is -2.36. The van der Waals surface area contributed by atoms with Crippen molar-refractivity contribution < 1.29 is 14.7 Å². The summed E-state index contributed by atoms with van der Waals surface area (Å²) < 4.78 is 0. The van der Waals surface area contributed by atoms with Gasteiger partial charge in [0.15, 0.2) is 0 Å². The van der Waals surface area contributed by atoms with Crippen molar-refractivity contribution in [2.24, 2.45) is 11.3 Å². The third kappa shape index (κ3) is 3.63. The molecule has 1 aromatic rings. The molecule has 0 saturated heterocycles. The molecule has 1 saturated carbocycles. The van der Waals surface area contributed by atoms with Crippen LogP contribution >= 0.6 is 0 Å². The molecule has 0 spiro atoms. The summed E-state index contributed by atoms with van der Waals surface area (Å²) in [4.78, 5) is 26.1. The first-order valence-electron chi connectivity index (χ1n) is 8.94. The number of hydrogen-bond acceptors (Lipinski definition) is 2. The molecule has 0 radical (unpaired) electrons. The van der Waals surface area contributed by atoms with Gasteiger partial charge in [0.1, 0.15) is 0 Å². The molecule has 1 heterocycles. The molecular weight excluding hydrogens is 302 g/mol. The standard InChI is InChI=1S/C20H27NO3/c1-20(2)9-7-14(8-10-20)11-18(22)21-12-15-5-3-4-6-16(15)17(13-21)19(23)24/h3-6,14,17H,7-13H2,1-2H3,(H,23,24). The van der Waals surface area contributed by atoms with Gasteiger partial charge in [0.25, 0.3) is 0 Å². The molecule has 2 aliphatic rings. The van der Waals surface area contributed by atoms with Crippen molar-refractivity contribution in [1.29, 1.82) is 0 Å². The molecule has 130 valence electrons. The highest BCUT2D eigenvalue weighted by Crippen LogP contribution is 2.39. The first-order valence-corrected chi connectivity index (χ1v) is 8.94. The number of amides is 1. The minimum absolute atomic E-state index is 0.112. The summed E-state index contributed by atoms with van der Waals surface area (Å²) >= 11 is 0. The number of carbonyl (C=O) groups is 2. The third-order valence-electron chi connectivity index (χ3n) is 5.77. The van der Waals surface area contributed by atoms with Crippen molar-refractivity contribution >= 4 is 11.9 Å². The molecule has 1 aromatic carbocycles. The SMILES string of the molecule is CC1(C)CCC(CC(=O)N2Cc3ccccc3C(C(=O)O)C2)CC1. The Kier molecular flexibility index (Phi) is 4.66. The molecule has 4 nitrogen and oxygen atoms in total. The molecular formula is C20H27NO3. The van der Waals surface area contributed by atoms with Crippen LogP contribution in [0.1, 0.15) is 63.0 Å². The first-order chi connectivity index (χ1) is 11.4. The summed E-state index contributed by atoms with van der Waals surface area (Å²) in [7, 11) is 0. The van der Waals surface area contributed by atoms with Gasteiger partial charge in [-0.25, -0.2) is 0 Å². The molecule has 1 aliphatic heterocycles. The van der Waals surface area contributed by atoms with Crippen LogP contribution in [-0.4, -0.2) is 28.4 Å². The van der Waals surface area contributed by atoms with Crippen LogP contribution in [0.2, 0.25) is 0 Å². The van der Waals surface area contributed by atoms with Crippen molar-refractivity contribution in [3.8, 4) is 0 Å². The van der Waals surface area contributed by atoms with Crippen LogP contribution in [0.5, 0.6) is 0 Å². The Bertz CT molecular complexity index is 628. The second-order valence-corrected chi connectivity index (χ2v) is 8.18. The van der Waals surface area contributed by atoms with E-state index >= 15 is 0 Å². The predicted octanol–water partition coefficient (Wildman–Crippen LogP) is 3.80. The van der Waals surface area contributed by atoms with E-state index in [0.717, 1.165) is 24.0 Å². The minimum atomic E-state index is -0.848. The van der Waals surface area contributed by atoms with Gasteiger partial charge in [0, 0.05) is 19.5 Å². The van der Waals surface area contributed by atoms with Gasteiger partial charge in [0.2, 0.25) is 5.91 Å². The van der Waals surface area contributed by atoms with E-state index < -0.39 is 11.9 Å². The van der Waals surface area contributed by atoms with Gasteiger partial charge in [-0.1, -0.05) is 38.1 Å². The monoisotopic (exact) mass is 329 g/mol. The van der Waals surface area contributed by atoms with Gasteiger partial charge in [-0.05, 0) is 48.1 Å². The van der Waals surface area contributed by atoms with E-state index in [-0.39, 0.29) is 5.91 Å². The largest absolute Gasteiger partial charge is 0.481 e. The Morgan fingerprint density at radius 3 is 2.54 bits per heavy atom. The van der Waals surface area contributed by atoms with Crippen LogP contribution < -0.4 is 0 Å². The first kappa shape index (κ1) is 17.0. The zero-order chi connectivity index (χ0) is 17.3. The van der Waals surface area contributed by atoms with Gasteiger partial charge in [-0.2, -0.15) is 0 Å². The minimum Gasteiger partial charge on any atom is -0.481 e. The summed E-state index contributed by atoms with van der Waals surface area (Å²) in [5.74, 6) is -0.894. The Morgan fingerprint density at radius 1 is 1.21 bits per heavy atom. The zero-order valence-electron chi connectivity index (χ0n) is 14.6. The highest BCUT2D eigenvalue weighted by molar-refractivity contribution is 5.81. The highest BCUT2D eigenvalue weighted by atomic mass is 16.4. The molecule has 1 N–H and O–H groups in total. The molecule has 24 heavy (non-hydrogen) atoms. The van der Waals surface area contributed by atoms with E-state index in [1.54, 1.807) is 4.90 Å². The summed E-state index contributed by atoms with van der Waals surface area (Å²) in [5, 5.41) is 9.53. The highest BCUT2D eigenvalue weighted by Gasteiger charge is 2.34. The van der Waals surface area contributed by atoms with Gasteiger partial charge in [-0.3, -0.25) is 9.59 Å². The van der Waals surface area contributed by atoms with Crippen molar-refractivity contribution in [3.63, 3.8) is 0 Å². The summed E-state index contributed by atoms with van der Waals surface area (Å²) in [5.41, 5.74) is 2.22. The van der Waals surface area contributed by atoms with Crippen molar-refractivity contribution in [2.75, 3.05) is 6.54 Å². The summed E-state index contributed by atoms with van der Waals surface area (Å²) in [6, 6.07) is 7.60. The van der Waals surface area contributed by atoms with E-state index in [4.69, 9.17) is 0 Å². The number of hydrogen-bond donors (Lipinski definition) is 1. The zero-order valence-corrected chi connectivity index (χ0v) is 14.6. The van der Waals surface area contributed by atoms with E-state index in [1.165, 1.54) is 12.8 Å². The number of carboxylic acid groups (broad SMARTS) is 1. The van der Waals surface area contributed by atoms with E-state index in [2.05, 4.69) is 13.8 Å². The molecule has 1 aliphatic carbocycles. The number of fused-ring (bicyclic) bond motifs is 1. The lowest BCUT2D eigenvalue weighted by molar-refractivity contribution is -0.141. The molecule has 1 fully saturated rings. The van der Waals surface area contributed by atoms with Gasteiger partial charge >= 0.3 is 5.97 Å². The fourth-order valence-corrected chi connectivity index (χ4v) is 4.05. The second-order valence-electron chi connectivity index (χ2n) is 8.18. The summed E-state index contributed by atoms with van der Waals surface area (Å²) in [6.07, 6.45) is 5.11. The quantitative estimate of drug-likeness (QED) is 0.917. The van der Waals surface area contributed by atoms with Gasteiger partial charge in [0.05, 0.1) is 5.92 Å². The van der Waals surface area contributed by atoms with E-state index in [0.29, 0.717) is 30.8 Å². The van der Waals surface area contributed by atoms with Crippen LogP contribution in [0.3, 0.4) is 0 Å². The number of benzene rings is 1. The predicted molar refractivity (Wildman–Crippen MR) is 92.6 cm³/mol. The van der Waals surface area contributed by atoms with Crippen LogP contribution in [0, 0.1) is 11.3 Å². The number of carboxylic acids is 1. The van der Waals surface area contributed by atoms with Crippen LogP contribution in [0.15, 0.2) is 24.3 Å². The van der Waals surface area contributed by atoms with Gasteiger partial charge < -0.3 is 10.0 Å². The average Bonchev–Trinajstić information content (AvgIpc) is 2.55. The Labute approximate surface area is 143 Å². The molecule has 0 aromatic heterocycles. The van der Waals surface area contributed by atoms with Gasteiger partial charge in [-0.15, -0.1) is 0 Å². The third-order valence-corrected chi connectivity index (χ3v) is 5.77. The van der Waals surface area contributed by atoms with Crippen molar-refractivity contribution in [1.82, 2.24) is 4.90 Å². The number of nitrogens with zero attached hydrogens (tertiary/aromatic N) is 1. The second kappa shape index (κ2) is 6.58. The number of aliphatic carboxylic acids is 1. The molecule has 1 atom stereocenters. The van der Waals surface area contributed by atoms with E-state index in [1.807, 2.05) is 24.3 Å². The normalized spacial score (nSPS) is 23.6. The fraction of sp³-hybridized carbons (Fsp3) is 0.600. The Morgan fingerprint density at radius 2 is 1.88 bits per heavy atom. The maximum absolute atomic E-state index is 12.7. The van der Waals surface area contributed by atoms with Crippen LogP contribution in [0.25, 0.3) is 0 Å². The van der Waals surface area contributed by atoms with E-state index in [9.17, 15) is 14.7 Å². The lowest BCUT2D eigenvalue weighted by atomic mass is 9.72.